The molecule has 2 aromatic rings. The van der Waals surface area contributed by atoms with Gasteiger partial charge < -0.3 is 15.1 Å². The van der Waals surface area contributed by atoms with Crippen LogP contribution in [0.5, 0.6) is 0 Å². The Kier molecular flexibility index (Phi) is 4.52. The Morgan fingerprint density at radius 2 is 1.86 bits per heavy atom. The first-order valence-corrected chi connectivity index (χ1v) is 6.34. The van der Waals surface area contributed by atoms with Gasteiger partial charge in [-0.3, -0.25) is 19.7 Å². The summed E-state index contributed by atoms with van der Waals surface area (Å²) in [6.07, 6.45) is 0. The molecule has 1 heterocycles. The summed E-state index contributed by atoms with van der Waals surface area (Å²) in [5.41, 5.74) is 0.332. The van der Waals surface area contributed by atoms with Gasteiger partial charge in [0.05, 0.1) is 11.5 Å². The van der Waals surface area contributed by atoms with Gasteiger partial charge in [-0.15, -0.1) is 0 Å². The molecule has 8 nitrogen and oxygen atoms in total. The fraction of sp³-hybridized carbons (Fsp3) is 0.143. The Morgan fingerprint density at radius 1 is 1.18 bits per heavy atom. The van der Waals surface area contributed by atoms with Crippen LogP contribution in [0.25, 0.3) is 0 Å². The highest BCUT2D eigenvalue weighted by Gasteiger charge is 2.12. The number of amides is 2. The zero-order valence-electron chi connectivity index (χ0n) is 11.7. The van der Waals surface area contributed by atoms with Crippen LogP contribution in [0.15, 0.2) is 40.8 Å². The quantitative estimate of drug-likeness (QED) is 0.646. The van der Waals surface area contributed by atoms with Gasteiger partial charge in [0.25, 0.3) is 11.6 Å². The second-order valence-corrected chi connectivity index (χ2v) is 4.45. The number of benzene rings is 1. The summed E-state index contributed by atoms with van der Waals surface area (Å²) >= 11 is 0. The molecule has 0 aliphatic heterocycles. The third-order valence-corrected chi connectivity index (χ3v) is 2.74. The van der Waals surface area contributed by atoms with Crippen LogP contribution in [0.4, 0.5) is 11.4 Å². The number of nitro groups is 1. The van der Waals surface area contributed by atoms with E-state index in [2.05, 4.69) is 10.6 Å². The van der Waals surface area contributed by atoms with E-state index in [4.69, 9.17) is 4.42 Å². The van der Waals surface area contributed by atoms with Crippen LogP contribution in [0.2, 0.25) is 0 Å². The van der Waals surface area contributed by atoms with E-state index in [1.807, 2.05) is 0 Å². The number of hydrogen-bond donors (Lipinski definition) is 2. The Bertz CT molecular complexity index is 706. The highest BCUT2D eigenvalue weighted by molar-refractivity contribution is 5.98. The summed E-state index contributed by atoms with van der Waals surface area (Å²) in [4.78, 5) is 33.3. The number of hydrogen-bond acceptors (Lipinski definition) is 5. The molecule has 1 aromatic carbocycles. The molecule has 0 saturated carbocycles. The third kappa shape index (κ3) is 3.92. The number of rotatable bonds is 5. The predicted molar refractivity (Wildman–Crippen MR) is 77.5 cm³/mol. The van der Waals surface area contributed by atoms with Gasteiger partial charge >= 0.3 is 0 Å². The lowest BCUT2D eigenvalue weighted by Crippen LogP contribution is -2.32. The zero-order chi connectivity index (χ0) is 16.1. The van der Waals surface area contributed by atoms with Crippen LogP contribution in [0, 0.1) is 17.0 Å². The highest BCUT2D eigenvalue weighted by Crippen LogP contribution is 2.15. The Labute approximate surface area is 125 Å². The number of carbonyl (C=O) groups is 2. The van der Waals surface area contributed by atoms with Crippen molar-refractivity contribution < 1.29 is 18.9 Å². The van der Waals surface area contributed by atoms with E-state index in [0.717, 1.165) is 0 Å². The highest BCUT2D eigenvalue weighted by atomic mass is 16.6. The molecule has 0 fully saturated rings. The summed E-state index contributed by atoms with van der Waals surface area (Å²) in [6.45, 7) is 1.47. The minimum Gasteiger partial charge on any atom is -0.456 e. The molecule has 22 heavy (non-hydrogen) atoms. The summed E-state index contributed by atoms with van der Waals surface area (Å²) < 4.78 is 5.12. The van der Waals surface area contributed by atoms with Crippen LogP contribution in [-0.4, -0.2) is 23.3 Å². The van der Waals surface area contributed by atoms with Crippen molar-refractivity contribution in [3.05, 3.63) is 58.0 Å². The summed E-state index contributed by atoms with van der Waals surface area (Å²) in [5, 5.41) is 15.4. The standard InChI is InChI=1S/C14H13N3O5/c1-9-2-7-12(22-9)14(19)15-8-13(18)16-10-3-5-11(6-4-10)17(20)21/h2-7H,8H2,1H3,(H,15,19)(H,16,18). The first-order chi connectivity index (χ1) is 10.5. The maximum absolute atomic E-state index is 11.7. The molecule has 0 unspecified atom stereocenters. The first kappa shape index (κ1) is 15.2. The van der Waals surface area contributed by atoms with Crippen molar-refractivity contribution >= 4 is 23.2 Å². The molecule has 2 rings (SSSR count). The van der Waals surface area contributed by atoms with Gasteiger partial charge in [-0.05, 0) is 31.2 Å². The number of nitro benzene ring substituents is 1. The lowest BCUT2D eigenvalue weighted by molar-refractivity contribution is -0.384. The van der Waals surface area contributed by atoms with E-state index in [1.165, 1.54) is 30.3 Å². The van der Waals surface area contributed by atoms with Crippen molar-refractivity contribution in [2.24, 2.45) is 0 Å². The van der Waals surface area contributed by atoms with Gasteiger partial charge in [0.2, 0.25) is 5.91 Å². The van der Waals surface area contributed by atoms with Gasteiger partial charge in [-0.1, -0.05) is 0 Å². The smallest absolute Gasteiger partial charge is 0.287 e. The lowest BCUT2D eigenvalue weighted by atomic mass is 10.3. The zero-order valence-corrected chi connectivity index (χ0v) is 11.7. The maximum Gasteiger partial charge on any atom is 0.287 e. The van der Waals surface area contributed by atoms with E-state index in [-0.39, 0.29) is 18.0 Å². The average Bonchev–Trinajstić information content (AvgIpc) is 2.92. The number of nitrogens with one attached hydrogen (secondary N) is 2. The molecular weight excluding hydrogens is 290 g/mol. The second kappa shape index (κ2) is 6.53. The minimum absolute atomic E-state index is 0.0699. The van der Waals surface area contributed by atoms with Crippen molar-refractivity contribution in [3.8, 4) is 0 Å². The molecule has 0 bridgehead atoms. The Balaban J connectivity index is 1.85. The molecular formula is C14H13N3O5. The second-order valence-electron chi connectivity index (χ2n) is 4.45. The number of nitrogens with zero attached hydrogens (tertiary/aromatic N) is 1. The van der Waals surface area contributed by atoms with Crippen LogP contribution >= 0.6 is 0 Å². The summed E-state index contributed by atoms with van der Waals surface area (Å²) in [6, 6.07) is 8.53. The summed E-state index contributed by atoms with van der Waals surface area (Å²) in [5.74, 6) is -0.224. The van der Waals surface area contributed by atoms with Crippen LogP contribution in [-0.2, 0) is 4.79 Å². The number of anilines is 1. The molecule has 2 amide bonds. The molecule has 8 heteroatoms. The molecule has 0 atom stereocenters. The van der Waals surface area contributed by atoms with Crippen LogP contribution in [0.3, 0.4) is 0 Å². The van der Waals surface area contributed by atoms with Gasteiger partial charge in [0.1, 0.15) is 5.76 Å². The van der Waals surface area contributed by atoms with Gasteiger partial charge in [-0.25, -0.2) is 0 Å². The van der Waals surface area contributed by atoms with Crippen molar-refractivity contribution in [3.63, 3.8) is 0 Å². The number of non-ortho nitro benzene ring substituents is 1. The van der Waals surface area contributed by atoms with E-state index in [0.29, 0.717) is 11.4 Å². The first-order valence-electron chi connectivity index (χ1n) is 6.34. The van der Waals surface area contributed by atoms with Gasteiger partial charge in [0, 0.05) is 17.8 Å². The number of aryl methyl sites for hydroxylation is 1. The SMILES string of the molecule is Cc1ccc(C(=O)NCC(=O)Nc2ccc([N+](=O)[O-])cc2)o1. The molecule has 0 aliphatic rings. The van der Waals surface area contributed by atoms with Crippen LogP contribution in [0.1, 0.15) is 16.3 Å². The fourth-order valence-corrected chi connectivity index (χ4v) is 1.68. The van der Waals surface area contributed by atoms with Crippen molar-refractivity contribution in [1.82, 2.24) is 5.32 Å². The molecule has 114 valence electrons. The Morgan fingerprint density at radius 3 is 2.41 bits per heavy atom. The topological polar surface area (TPSA) is 114 Å². The molecule has 2 N–H and O–H groups in total. The Hall–Kier alpha value is -3.16. The predicted octanol–water partition coefficient (Wildman–Crippen LogP) is 1.86. The molecule has 0 radical (unpaired) electrons. The summed E-state index contributed by atoms with van der Waals surface area (Å²) in [7, 11) is 0. The molecule has 0 aliphatic carbocycles. The van der Waals surface area contributed by atoms with Gasteiger partial charge in [0.15, 0.2) is 5.76 Å². The normalized spacial score (nSPS) is 10.0. The van der Waals surface area contributed by atoms with E-state index >= 15 is 0 Å². The van der Waals surface area contributed by atoms with E-state index in [1.54, 1.807) is 13.0 Å². The van der Waals surface area contributed by atoms with Crippen molar-refractivity contribution in [2.75, 3.05) is 11.9 Å². The number of furan rings is 1. The van der Waals surface area contributed by atoms with E-state index in [9.17, 15) is 19.7 Å². The third-order valence-electron chi connectivity index (χ3n) is 2.74. The fourth-order valence-electron chi connectivity index (χ4n) is 1.68. The van der Waals surface area contributed by atoms with Crippen molar-refractivity contribution in [2.45, 2.75) is 6.92 Å². The monoisotopic (exact) mass is 303 g/mol. The lowest BCUT2D eigenvalue weighted by Gasteiger charge is -2.05. The molecule has 0 saturated heterocycles. The van der Waals surface area contributed by atoms with Crippen molar-refractivity contribution in [1.29, 1.82) is 0 Å². The van der Waals surface area contributed by atoms with Gasteiger partial charge in [-0.2, -0.15) is 0 Å². The largest absolute Gasteiger partial charge is 0.456 e. The maximum atomic E-state index is 11.7. The molecule has 0 spiro atoms. The number of carbonyl (C=O) groups excluding carboxylic acids is 2. The minimum atomic E-state index is -0.531. The molecule has 1 aromatic heterocycles. The van der Waals surface area contributed by atoms with E-state index < -0.39 is 16.7 Å². The average molecular weight is 303 g/mol. The van der Waals surface area contributed by atoms with Crippen LogP contribution < -0.4 is 10.6 Å².